The number of hydrogen-bond acceptors (Lipinski definition) is 2. The van der Waals surface area contributed by atoms with Crippen molar-refractivity contribution in [1.82, 2.24) is 4.90 Å². The molecule has 0 amide bonds. The van der Waals surface area contributed by atoms with E-state index < -0.39 is 6.10 Å². The molecule has 0 unspecified atom stereocenters. The summed E-state index contributed by atoms with van der Waals surface area (Å²) in [6, 6.07) is 6.63. The standard InChI is InChI=1S/C14H18FNO/c1-2-9-16(13-7-8-13)10-14(17)11-3-5-12(15)6-4-11/h2-6,13-14,17H,1,7-10H2/t14-/m1/s1. The zero-order chi connectivity index (χ0) is 12.3. The normalized spacial score (nSPS) is 17.1. The van der Waals surface area contributed by atoms with Gasteiger partial charge in [-0.05, 0) is 30.5 Å². The summed E-state index contributed by atoms with van der Waals surface area (Å²) in [7, 11) is 0. The van der Waals surface area contributed by atoms with Gasteiger partial charge in [-0.2, -0.15) is 0 Å². The first kappa shape index (κ1) is 12.3. The average molecular weight is 235 g/mol. The van der Waals surface area contributed by atoms with Crippen LogP contribution in [0.1, 0.15) is 24.5 Å². The van der Waals surface area contributed by atoms with E-state index in [4.69, 9.17) is 0 Å². The van der Waals surface area contributed by atoms with Crippen LogP contribution in [0.5, 0.6) is 0 Å². The number of aliphatic hydroxyl groups is 1. The van der Waals surface area contributed by atoms with Crippen LogP contribution in [0.15, 0.2) is 36.9 Å². The summed E-state index contributed by atoms with van der Waals surface area (Å²) < 4.78 is 12.8. The summed E-state index contributed by atoms with van der Waals surface area (Å²) in [4.78, 5) is 2.22. The fourth-order valence-electron chi connectivity index (χ4n) is 1.99. The van der Waals surface area contributed by atoms with E-state index in [9.17, 15) is 9.50 Å². The third-order valence-corrected chi connectivity index (χ3v) is 3.09. The molecule has 1 aliphatic carbocycles. The summed E-state index contributed by atoms with van der Waals surface area (Å²) >= 11 is 0. The van der Waals surface area contributed by atoms with Crippen LogP contribution >= 0.6 is 0 Å². The van der Waals surface area contributed by atoms with Crippen LogP contribution < -0.4 is 0 Å². The van der Waals surface area contributed by atoms with Crippen LogP contribution in [0.4, 0.5) is 4.39 Å². The van der Waals surface area contributed by atoms with Gasteiger partial charge in [0.05, 0.1) is 6.10 Å². The largest absolute Gasteiger partial charge is 0.387 e. The minimum atomic E-state index is -0.559. The third kappa shape index (κ3) is 3.38. The maximum absolute atomic E-state index is 12.8. The van der Waals surface area contributed by atoms with Gasteiger partial charge in [0.25, 0.3) is 0 Å². The Bertz CT molecular complexity index is 372. The molecule has 0 saturated heterocycles. The van der Waals surface area contributed by atoms with Gasteiger partial charge in [-0.3, -0.25) is 4.90 Å². The van der Waals surface area contributed by atoms with Gasteiger partial charge >= 0.3 is 0 Å². The molecular weight excluding hydrogens is 217 g/mol. The summed E-state index contributed by atoms with van der Waals surface area (Å²) in [5, 5.41) is 10.1. The predicted molar refractivity (Wildman–Crippen MR) is 66.2 cm³/mol. The number of hydrogen-bond donors (Lipinski definition) is 1. The molecule has 1 fully saturated rings. The van der Waals surface area contributed by atoms with E-state index in [1.165, 1.54) is 25.0 Å². The Hall–Kier alpha value is -1.19. The van der Waals surface area contributed by atoms with E-state index in [0.717, 1.165) is 12.1 Å². The van der Waals surface area contributed by atoms with Crippen molar-refractivity contribution in [3.63, 3.8) is 0 Å². The monoisotopic (exact) mass is 235 g/mol. The number of aliphatic hydroxyl groups excluding tert-OH is 1. The molecule has 1 aromatic rings. The molecule has 1 atom stereocenters. The second-order valence-electron chi connectivity index (χ2n) is 4.54. The zero-order valence-corrected chi connectivity index (χ0v) is 9.85. The highest BCUT2D eigenvalue weighted by atomic mass is 19.1. The number of benzene rings is 1. The molecule has 1 aromatic carbocycles. The van der Waals surface area contributed by atoms with Crippen molar-refractivity contribution in [2.24, 2.45) is 0 Å². The first-order chi connectivity index (χ1) is 8.20. The molecule has 2 rings (SSSR count). The molecule has 1 aliphatic rings. The molecule has 2 nitrogen and oxygen atoms in total. The second-order valence-corrected chi connectivity index (χ2v) is 4.54. The van der Waals surface area contributed by atoms with Crippen molar-refractivity contribution in [3.05, 3.63) is 48.3 Å². The molecule has 0 bridgehead atoms. The smallest absolute Gasteiger partial charge is 0.123 e. The van der Waals surface area contributed by atoms with Gasteiger partial charge in [0, 0.05) is 19.1 Å². The molecule has 92 valence electrons. The van der Waals surface area contributed by atoms with E-state index in [2.05, 4.69) is 11.5 Å². The van der Waals surface area contributed by atoms with E-state index in [-0.39, 0.29) is 5.82 Å². The lowest BCUT2D eigenvalue weighted by molar-refractivity contribution is 0.115. The lowest BCUT2D eigenvalue weighted by Gasteiger charge is -2.23. The fourth-order valence-corrected chi connectivity index (χ4v) is 1.99. The minimum Gasteiger partial charge on any atom is -0.387 e. The first-order valence-corrected chi connectivity index (χ1v) is 5.99. The zero-order valence-electron chi connectivity index (χ0n) is 9.85. The lowest BCUT2D eigenvalue weighted by Crippen LogP contribution is -2.30. The Balaban J connectivity index is 1.96. The second kappa shape index (κ2) is 5.43. The highest BCUT2D eigenvalue weighted by molar-refractivity contribution is 5.19. The maximum Gasteiger partial charge on any atom is 0.123 e. The Morgan fingerprint density at radius 1 is 1.41 bits per heavy atom. The number of halogens is 1. The summed E-state index contributed by atoms with van der Waals surface area (Å²) in [5.41, 5.74) is 0.765. The van der Waals surface area contributed by atoms with Crippen LogP contribution in [-0.2, 0) is 0 Å². The predicted octanol–water partition coefficient (Wildman–Crippen LogP) is 2.51. The summed E-state index contributed by atoms with van der Waals surface area (Å²) in [6.07, 6.45) is 3.69. The Labute approximate surface area is 101 Å². The molecule has 0 radical (unpaired) electrons. The molecule has 0 aliphatic heterocycles. The quantitative estimate of drug-likeness (QED) is 0.766. The van der Waals surface area contributed by atoms with Crippen LogP contribution in [0, 0.1) is 5.82 Å². The Kier molecular flexibility index (Phi) is 3.92. The third-order valence-electron chi connectivity index (χ3n) is 3.09. The summed E-state index contributed by atoms with van der Waals surface area (Å²) in [5.74, 6) is -0.272. The van der Waals surface area contributed by atoms with Crippen molar-refractivity contribution in [2.45, 2.75) is 25.0 Å². The topological polar surface area (TPSA) is 23.5 Å². The molecule has 17 heavy (non-hydrogen) atoms. The highest BCUT2D eigenvalue weighted by Crippen LogP contribution is 2.28. The van der Waals surface area contributed by atoms with Gasteiger partial charge in [0.2, 0.25) is 0 Å². The van der Waals surface area contributed by atoms with Crippen LogP contribution in [0.2, 0.25) is 0 Å². The van der Waals surface area contributed by atoms with E-state index in [1.807, 2.05) is 6.08 Å². The first-order valence-electron chi connectivity index (χ1n) is 5.99. The van der Waals surface area contributed by atoms with Crippen molar-refractivity contribution in [3.8, 4) is 0 Å². The van der Waals surface area contributed by atoms with Crippen molar-refractivity contribution >= 4 is 0 Å². The SMILES string of the molecule is C=CCN(C[C@@H](O)c1ccc(F)cc1)C1CC1. The maximum atomic E-state index is 12.8. The van der Waals surface area contributed by atoms with Crippen molar-refractivity contribution < 1.29 is 9.50 Å². The minimum absolute atomic E-state index is 0.272. The molecule has 0 spiro atoms. The van der Waals surface area contributed by atoms with Crippen molar-refractivity contribution in [1.29, 1.82) is 0 Å². The average Bonchev–Trinajstić information content (AvgIpc) is 3.13. The van der Waals surface area contributed by atoms with Gasteiger partial charge in [0.15, 0.2) is 0 Å². The molecule has 0 aromatic heterocycles. The number of rotatable bonds is 6. The summed E-state index contributed by atoms with van der Waals surface area (Å²) in [6.45, 7) is 5.11. The van der Waals surface area contributed by atoms with E-state index in [1.54, 1.807) is 12.1 Å². The molecule has 3 heteroatoms. The van der Waals surface area contributed by atoms with Gasteiger partial charge in [0.1, 0.15) is 5.82 Å². The van der Waals surface area contributed by atoms with E-state index in [0.29, 0.717) is 12.6 Å². The molecular formula is C14H18FNO. The molecule has 1 saturated carbocycles. The van der Waals surface area contributed by atoms with Gasteiger partial charge in [-0.15, -0.1) is 6.58 Å². The van der Waals surface area contributed by atoms with Crippen LogP contribution in [0.3, 0.4) is 0 Å². The Morgan fingerprint density at radius 3 is 2.59 bits per heavy atom. The van der Waals surface area contributed by atoms with Gasteiger partial charge in [-0.25, -0.2) is 4.39 Å². The van der Waals surface area contributed by atoms with E-state index >= 15 is 0 Å². The van der Waals surface area contributed by atoms with Gasteiger partial charge < -0.3 is 5.11 Å². The lowest BCUT2D eigenvalue weighted by atomic mass is 10.1. The molecule has 1 N–H and O–H groups in total. The fraction of sp³-hybridized carbons (Fsp3) is 0.429. The van der Waals surface area contributed by atoms with Crippen LogP contribution in [0.25, 0.3) is 0 Å². The highest BCUT2D eigenvalue weighted by Gasteiger charge is 2.29. The molecule has 0 heterocycles. The number of nitrogens with zero attached hydrogens (tertiary/aromatic N) is 1. The van der Waals surface area contributed by atoms with Crippen molar-refractivity contribution in [2.75, 3.05) is 13.1 Å². The Morgan fingerprint density at radius 2 is 2.06 bits per heavy atom. The van der Waals surface area contributed by atoms with Crippen LogP contribution in [-0.4, -0.2) is 29.1 Å². The van der Waals surface area contributed by atoms with Gasteiger partial charge in [-0.1, -0.05) is 18.2 Å².